The Labute approximate surface area is 265 Å². The fraction of sp³-hybridized carbons (Fsp3) is 0.559. The van der Waals surface area contributed by atoms with Crippen LogP contribution in [0, 0.1) is 0 Å². The van der Waals surface area contributed by atoms with Gasteiger partial charge in [0.1, 0.15) is 18.4 Å². The highest BCUT2D eigenvalue weighted by atomic mass is 16.7. The maximum atomic E-state index is 12.4. The Hall–Kier alpha value is -3.83. The van der Waals surface area contributed by atoms with E-state index in [0.29, 0.717) is 32.0 Å². The molecule has 2 aliphatic heterocycles. The molecule has 1 fully saturated rings. The third-order valence-electron chi connectivity index (χ3n) is 7.63. The first kappa shape index (κ1) is 34.1. The third-order valence-corrected chi connectivity index (χ3v) is 7.63. The minimum Gasteiger partial charge on any atom is -0.465 e. The summed E-state index contributed by atoms with van der Waals surface area (Å²) in [6.45, 7) is 8.78. The first-order chi connectivity index (χ1) is 21.7. The number of amides is 3. The number of cyclic esters (lactones) is 1. The van der Waals surface area contributed by atoms with E-state index in [1.807, 2.05) is 56.3 Å². The summed E-state index contributed by atoms with van der Waals surface area (Å²) >= 11 is 0. The van der Waals surface area contributed by atoms with Crippen LogP contribution in [0.4, 0.5) is 15.3 Å². The molecule has 1 saturated heterocycles. The summed E-state index contributed by atoms with van der Waals surface area (Å²) in [6, 6.07) is 13.2. The quantitative estimate of drug-likeness (QED) is 0.159. The van der Waals surface area contributed by atoms with E-state index in [-0.39, 0.29) is 25.3 Å². The number of nitrogens with zero attached hydrogens (tertiary/aromatic N) is 1. The van der Waals surface area contributed by atoms with Crippen LogP contribution in [0.5, 0.6) is 5.75 Å². The molecule has 2 heterocycles. The van der Waals surface area contributed by atoms with Crippen LogP contribution in [0.3, 0.4) is 0 Å². The molecule has 4 rings (SSSR count). The molecule has 0 spiro atoms. The molecule has 0 aliphatic carbocycles. The first-order valence-corrected chi connectivity index (χ1v) is 16.0. The minimum atomic E-state index is -0.635. The number of nitrogens with one attached hydrogen (secondary N) is 2. The molecule has 45 heavy (non-hydrogen) atoms. The van der Waals surface area contributed by atoms with Crippen molar-refractivity contribution in [1.29, 1.82) is 0 Å². The first-order valence-electron chi connectivity index (χ1n) is 16.0. The van der Waals surface area contributed by atoms with Gasteiger partial charge in [0.05, 0.1) is 19.8 Å². The molecule has 11 heteroatoms. The van der Waals surface area contributed by atoms with E-state index in [1.165, 1.54) is 0 Å². The van der Waals surface area contributed by atoms with Gasteiger partial charge in [-0.3, -0.25) is 4.79 Å². The molecule has 1 unspecified atom stereocenters. The Bertz CT molecular complexity index is 1280. The fourth-order valence-corrected chi connectivity index (χ4v) is 5.26. The number of carbonyl (C=O) groups excluding carboxylic acids is 3. The highest BCUT2D eigenvalue weighted by Gasteiger charge is 2.33. The maximum absolute atomic E-state index is 12.4. The molecule has 2 N–H and O–H groups in total. The number of fused-ring (bicyclic) bond motifs is 1. The van der Waals surface area contributed by atoms with E-state index in [0.717, 1.165) is 74.0 Å². The number of hydrogen-bond acceptors (Lipinski definition) is 8. The lowest BCUT2D eigenvalue weighted by Gasteiger charge is -2.32. The van der Waals surface area contributed by atoms with Crippen LogP contribution in [-0.2, 0) is 36.8 Å². The van der Waals surface area contributed by atoms with Crippen LogP contribution in [0.15, 0.2) is 42.5 Å². The van der Waals surface area contributed by atoms with Gasteiger partial charge in [-0.1, -0.05) is 31.0 Å². The molecule has 0 radical (unpaired) electrons. The van der Waals surface area contributed by atoms with Gasteiger partial charge in [0.15, 0.2) is 0 Å². The molecular weight excluding hydrogens is 578 g/mol. The minimum absolute atomic E-state index is 0.168. The van der Waals surface area contributed by atoms with Gasteiger partial charge in [0.2, 0.25) is 5.79 Å². The van der Waals surface area contributed by atoms with Gasteiger partial charge in [-0.15, -0.1) is 0 Å². The number of aryl methyl sites for hydroxylation is 1. The van der Waals surface area contributed by atoms with Crippen molar-refractivity contribution >= 4 is 23.8 Å². The van der Waals surface area contributed by atoms with Crippen molar-refractivity contribution < 1.29 is 38.1 Å². The molecule has 0 bridgehead atoms. The van der Waals surface area contributed by atoms with Gasteiger partial charge in [0, 0.05) is 44.9 Å². The average molecular weight is 626 g/mol. The summed E-state index contributed by atoms with van der Waals surface area (Å²) < 4.78 is 27.9. The Balaban J connectivity index is 1.01. The third kappa shape index (κ3) is 11.2. The van der Waals surface area contributed by atoms with Crippen molar-refractivity contribution in [1.82, 2.24) is 10.2 Å². The molecule has 2 aromatic rings. The van der Waals surface area contributed by atoms with Crippen LogP contribution >= 0.6 is 0 Å². The van der Waals surface area contributed by atoms with Crippen LogP contribution in [0.25, 0.3) is 0 Å². The molecule has 246 valence electrons. The number of rotatable bonds is 17. The molecule has 0 saturated carbocycles. The summed E-state index contributed by atoms with van der Waals surface area (Å²) in [5.41, 5.74) is 3.74. The zero-order valence-electron chi connectivity index (χ0n) is 26.7. The molecule has 2 aliphatic rings. The average Bonchev–Trinajstić information content (AvgIpc) is 3.38. The number of hydrogen-bond donors (Lipinski definition) is 2. The summed E-state index contributed by atoms with van der Waals surface area (Å²) in [6.07, 6.45) is 6.31. The SMILES string of the molecule is CCOC(=O)CNC(=O)Nc1cccc(CCCCOCCCCCCN2CC(c3ccc4c(c3)COC(C)(C)O4)OC2=O)c1. The van der Waals surface area contributed by atoms with E-state index < -0.39 is 17.8 Å². The highest BCUT2D eigenvalue weighted by molar-refractivity contribution is 5.91. The zero-order chi connectivity index (χ0) is 32.1. The molecular formula is C34H47N3O8. The van der Waals surface area contributed by atoms with Gasteiger partial charge in [0.25, 0.3) is 0 Å². The topological polar surface area (TPSA) is 125 Å². The molecule has 2 aromatic carbocycles. The lowest BCUT2D eigenvalue weighted by atomic mass is 10.0. The predicted molar refractivity (Wildman–Crippen MR) is 169 cm³/mol. The van der Waals surface area contributed by atoms with Gasteiger partial charge < -0.3 is 39.2 Å². The van der Waals surface area contributed by atoms with E-state index in [1.54, 1.807) is 11.8 Å². The molecule has 3 amide bonds. The standard InChI is InChI=1S/C34H47N3O8/c1-4-42-31(38)22-35-32(39)36-28-14-11-13-25(20-28)12-7-10-19-41-18-9-6-5-8-17-37-23-30(44-33(37)40)26-15-16-29-27(21-26)24-43-34(2,3)45-29/h11,13-16,20-21,30H,4-10,12,17-19,22-24H2,1-3H3,(H2,35,36,39). The van der Waals surface area contributed by atoms with Gasteiger partial charge >= 0.3 is 18.1 Å². The van der Waals surface area contributed by atoms with Crippen LogP contribution in [0.2, 0.25) is 0 Å². The lowest BCUT2D eigenvalue weighted by molar-refractivity contribution is -0.180. The van der Waals surface area contributed by atoms with E-state index >= 15 is 0 Å². The van der Waals surface area contributed by atoms with E-state index in [9.17, 15) is 14.4 Å². The second-order valence-electron chi connectivity index (χ2n) is 11.8. The number of ether oxygens (including phenoxy) is 5. The number of benzene rings is 2. The molecule has 0 aromatic heterocycles. The summed E-state index contributed by atoms with van der Waals surface area (Å²) in [5, 5.41) is 5.23. The Morgan fingerprint density at radius 3 is 2.64 bits per heavy atom. The number of anilines is 1. The van der Waals surface area contributed by atoms with Crippen molar-refractivity contribution in [3.05, 3.63) is 59.2 Å². The Kier molecular flexibility index (Phi) is 12.9. The van der Waals surface area contributed by atoms with Gasteiger partial charge in [-0.25, -0.2) is 9.59 Å². The molecule has 11 nitrogen and oxygen atoms in total. The van der Waals surface area contributed by atoms with Crippen LogP contribution in [-0.4, -0.2) is 68.2 Å². The maximum Gasteiger partial charge on any atom is 0.410 e. The van der Waals surface area contributed by atoms with Crippen LogP contribution in [0.1, 0.15) is 82.1 Å². The number of carbonyl (C=O) groups is 3. The normalized spacial score (nSPS) is 16.8. The monoisotopic (exact) mass is 625 g/mol. The highest BCUT2D eigenvalue weighted by Crippen LogP contribution is 2.35. The zero-order valence-corrected chi connectivity index (χ0v) is 26.7. The van der Waals surface area contributed by atoms with Crippen LogP contribution < -0.4 is 15.4 Å². The number of urea groups is 1. The smallest absolute Gasteiger partial charge is 0.410 e. The lowest BCUT2D eigenvalue weighted by Crippen LogP contribution is -2.35. The second kappa shape index (κ2) is 17.0. The number of unbranched alkanes of at least 4 members (excludes halogenated alkanes) is 4. The van der Waals surface area contributed by atoms with Crippen molar-refractivity contribution in [2.45, 2.75) is 84.2 Å². The fourth-order valence-electron chi connectivity index (χ4n) is 5.26. The summed E-state index contributed by atoms with van der Waals surface area (Å²) in [5.74, 6) is -0.291. The predicted octanol–water partition coefficient (Wildman–Crippen LogP) is 6.11. The van der Waals surface area contributed by atoms with Gasteiger partial charge in [-0.05, 0) is 74.4 Å². The van der Waals surface area contributed by atoms with E-state index in [4.69, 9.17) is 23.7 Å². The van der Waals surface area contributed by atoms with Crippen molar-refractivity contribution in [3.8, 4) is 5.75 Å². The Morgan fingerprint density at radius 1 is 1.02 bits per heavy atom. The number of esters is 1. The summed E-state index contributed by atoms with van der Waals surface area (Å²) in [4.78, 5) is 37.6. The largest absolute Gasteiger partial charge is 0.465 e. The van der Waals surface area contributed by atoms with Gasteiger partial charge in [-0.2, -0.15) is 0 Å². The summed E-state index contributed by atoms with van der Waals surface area (Å²) in [7, 11) is 0. The Morgan fingerprint density at radius 2 is 1.82 bits per heavy atom. The van der Waals surface area contributed by atoms with Crippen molar-refractivity contribution in [2.24, 2.45) is 0 Å². The van der Waals surface area contributed by atoms with E-state index in [2.05, 4.69) is 10.6 Å². The van der Waals surface area contributed by atoms with Crippen molar-refractivity contribution in [3.63, 3.8) is 0 Å². The van der Waals surface area contributed by atoms with Crippen molar-refractivity contribution in [2.75, 3.05) is 44.8 Å². The second-order valence-corrected chi connectivity index (χ2v) is 11.8. The molecule has 1 atom stereocenters.